The Balaban J connectivity index is 2.07. The maximum absolute atomic E-state index is 12.1. The molecule has 0 bridgehead atoms. The van der Waals surface area contributed by atoms with Crippen LogP contribution < -0.4 is 5.32 Å². The highest BCUT2D eigenvalue weighted by Gasteiger charge is 2.16. The number of amides is 1. The van der Waals surface area contributed by atoms with Crippen molar-refractivity contribution >= 4 is 5.91 Å². The second-order valence-corrected chi connectivity index (χ2v) is 5.27. The van der Waals surface area contributed by atoms with E-state index in [9.17, 15) is 4.79 Å². The summed E-state index contributed by atoms with van der Waals surface area (Å²) < 4.78 is 1.64. The molecule has 0 aliphatic carbocycles. The number of nitrogens with zero attached hydrogens (tertiary/aromatic N) is 3. The molecule has 21 heavy (non-hydrogen) atoms. The molecule has 0 saturated carbocycles. The number of nitriles is 1. The number of carbonyl (C=O) groups excluding carboxylic acids is 1. The summed E-state index contributed by atoms with van der Waals surface area (Å²) in [5.74, 6) is 0.0220. The van der Waals surface area contributed by atoms with Gasteiger partial charge in [-0.2, -0.15) is 10.4 Å². The van der Waals surface area contributed by atoms with Crippen LogP contribution in [0, 0.1) is 17.2 Å². The van der Waals surface area contributed by atoms with Crippen molar-refractivity contribution in [2.45, 2.75) is 26.3 Å². The summed E-state index contributed by atoms with van der Waals surface area (Å²) in [6.07, 6.45) is 2.36. The fourth-order valence-electron chi connectivity index (χ4n) is 2.02. The number of hydrogen-bond acceptors (Lipinski definition) is 3. The van der Waals surface area contributed by atoms with E-state index in [4.69, 9.17) is 5.26 Å². The van der Waals surface area contributed by atoms with Crippen LogP contribution in [0.5, 0.6) is 0 Å². The molecule has 1 heterocycles. The SMILES string of the molecule is CC(C)C[C@H](C#N)NC(=O)c1ccn(-c2ccccc2)n1. The normalized spacial score (nSPS) is 11.9. The molecule has 5 heteroatoms. The molecule has 0 unspecified atom stereocenters. The number of carbonyl (C=O) groups is 1. The molecule has 1 N–H and O–H groups in total. The average Bonchev–Trinajstić information content (AvgIpc) is 2.97. The van der Waals surface area contributed by atoms with Crippen molar-refractivity contribution in [3.05, 3.63) is 48.3 Å². The molecule has 0 fully saturated rings. The molecule has 1 atom stereocenters. The summed E-state index contributed by atoms with van der Waals surface area (Å²) in [5.41, 5.74) is 1.19. The highest BCUT2D eigenvalue weighted by molar-refractivity contribution is 5.92. The average molecular weight is 282 g/mol. The molecule has 0 radical (unpaired) electrons. The van der Waals surface area contributed by atoms with Crippen molar-refractivity contribution in [3.63, 3.8) is 0 Å². The lowest BCUT2D eigenvalue weighted by atomic mass is 10.0. The van der Waals surface area contributed by atoms with E-state index in [2.05, 4.69) is 16.5 Å². The van der Waals surface area contributed by atoms with E-state index in [0.717, 1.165) is 5.69 Å². The smallest absolute Gasteiger partial charge is 0.272 e. The standard InChI is InChI=1S/C16H18N4O/c1-12(2)10-13(11-17)18-16(21)15-8-9-20(19-15)14-6-4-3-5-7-14/h3-9,12-13H,10H2,1-2H3,(H,18,21)/t13-/m1/s1. The Morgan fingerprint density at radius 2 is 2.05 bits per heavy atom. The van der Waals surface area contributed by atoms with Gasteiger partial charge in [0, 0.05) is 6.20 Å². The van der Waals surface area contributed by atoms with Crippen molar-refractivity contribution in [2.75, 3.05) is 0 Å². The largest absolute Gasteiger partial charge is 0.335 e. The quantitative estimate of drug-likeness (QED) is 0.916. The van der Waals surface area contributed by atoms with Crippen LogP contribution in [0.2, 0.25) is 0 Å². The third-order valence-electron chi connectivity index (χ3n) is 3.01. The summed E-state index contributed by atoms with van der Waals surface area (Å²) in [6.45, 7) is 4.03. The monoisotopic (exact) mass is 282 g/mol. The predicted molar refractivity (Wildman–Crippen MR) is 79.9 cm³/mol. The predicted octanol–water partition coefficient (Wildman–Crippen LogP) is 2.54. The molecular formula is C16H18N4O. The molecular weight excluding hydrogens is 264 g/mol. The third-order valence-corrected chi connectivity index (χ3v) is 3.01. The lowest BCUT2D eigenvalue weighted by Crippen LogP contribution is -2.35. The van der Waals surface area contributed by atoms with Gasteiger partial charge < -0.3 is 5.32 Å². The van der Waals surface area contributed by atoms with E-state index in [1.165, 1.54) is 0 Å². The zero-order valence-electron chi connectivity index (χ0n) is 12.2. The van der Waals surface area contributed by atoms with Crippen molar-refractivity contribution in [2.24, 2.45) is 5.92 Å². The molecule has 2 rings (SSSR count). The highest BCUT2D eigenvalue weighted by atomic mass is 16.2. The second kappa shape index (κ2) is 6.71. The van der Waals surface area contributed by atoms with E-state index in [-0.39, 0.29) is 5.91 Å². The summed E-state index contributed by atoms with van der Waals surface area (Å²) >= 11 is 0. The van der Waals surface area contributed by atoms with Gasteiger partial charge in [-0.3, -0.25) is 4.79 Å². The topological polar surface area (TPSA) is 70.7 Å². The number of benzene rings is 1. The number of aromatic nitrogens is 2. The first-order valence-corrected chi connectivity index (χ1v) is 6.91. The molecule has 5 nitrogen and oxygen atoms in total. The molecule has 0 aliphatic rings. The molecule has 0 spiro atoms. The minimum atomic E-state index is -0.487. The first-order chi connectivity index (χ1) is 10.1. The number of hydrogen-bond donors (Lipinski definition) is 1. The Morgan fingerprint density at radius 1 is 1.33 bits per heavy atom. The van der Waals surface area contributed by atoms with Gasteiger partial charge in [-0.25, -0.2) is 4.68 Å². The number of nitrogens with one attached hydrogen (secondary N) is 1. The summed E-state index contributed by atoms with van der Waals surface area (Å²) in [5, 5.41) is 16.0. The highest BCUT2D eigenvalue weighted by Crippen LogP contribution is 2.08. The maximum Gasteiger partial charge on any atom is 0.272 e. The van der Waals surface area contributed by atoms with Gasteiger partial charge in [0.05, 0.1) is 11.8 Å². The van der Waals surface area contributed by atoms with Crippen LogP contribution in [0.15, 0.2) is 42.6 Å². The lowest BCUT2D eigenvalue weighted by molar-refractivity contribution is 0.0936. The van der Waals surface area contributed by atoms with Crippen LogP contribution in [0.3, 0.4) is 0 Å². The zero-order chi connectivity index (χ0) is 15.2. The van der Waals surface area contributed by atoms with Crippen LogP contribution in [0.1, 0.15) is 30.8 Å². The van der Waals surface area contributed by atoms with Crippen LogP contribution in [-0.2, 0) is 0 Å². The summed E-state index contributed by atoms with van der Waals surface area (Å²) in [4.78, 5) is 12.1. The van der Waals surface area contributed by atoms with Crippen molar-refractivity contribution in [1.82, 2.24) is 15.1 Å². The van der Waals surface area contributed by atoms with Gasteiger partial charge in [0.15, 0.2) is 5.69 Å². The fraction of sp³-hybridized carbons (Fsp3) is 0.312. The first kappa shape index (κ1) is 14.8. The minimum Gasteiger partial charge on any atom is -0.335 e. The minimum absolute atomic E-state index is 0.308. The molecule has 1 aromatic heterocycles. The van der Waals surface area contributed by atoms with Crippen molar-refractivity contribution < 1.29 is 4.79 Å². The first-order valence-electron chi connectivity index (χ1n) is 6.91. The molecule has 1 amide bonds. The van der Waals surface area contributed by atoms with Crippen LogP contribution in [0.25, 0.3) is 5.69 Å². The van der Waals surface area contributed by atoms with Crippen molar-refractivity contribution in [3.8, 4) is 11.8 Å². The lowest BCUT2D eigenvalue weighted by Gasteiger charge is -2.12. The van der Waals surface area contributed by atoms with Gasteiger partial charge in [-0.15, -0.1) is 0 Å². The molecule has 0 saturated heterocycles. The van der Waals surface area contributed by atoms with Gasteiger partial charge in [-0.1, -0.05) is 32.0 Å². The van der Waals surface area contributed by atoms with E-state index in [1.807, 2.05) is 44.2 Å². The number of rotatable bonds is 5. The van der Waals surface area contributed by atoms with Gasteiger partial charge in [0.2, 0.25) is 0 Å². The van der Waals surface area contributed by atoms with E-state index < -0.39 is 6.04 Å². The van der Waals surface area contributed by atoms with Gasteiger partial charge in [0.25, 0.3) is 5.91 Å². The second-order valence-electron chi connectivity index (χ2n) is 5.27. The Bertz CT molecular complexity index is 640. The van der Waals surface area contributed by atoms with Crippen LogP contribution in [0.4, 0.5) is 0 Å². The van der Waals surface area contributed by atoms with E-state index in [1.54, 1.807) is 16.9 Å². The Hall–Kier alpha value is -2.61. The Kier molecular flexibility index (Phi) is 4.72. The van der Waals surface area contributed by atoms with Crippen molar-refractivity contribution in [1.29, 1.82) is 5.26 Å². The fourth-order valence-corrected chi connectivity index (χ4v) is 2.02. The van der Waals surface area contributed by atoms with Gasteiger partial charge in [0.1, 0.15) is 6.04 Å². The number of para-hydroxylation sites is 1. The summed E-state index contributed by atoms with van der Waals surface area (Å²) in [6, 6.07) is 12.8. The zero-order valence-corrected chi connectivity index (χ0v) is 12.2. The molecule has 2 aromatic rings. The van der Waals surface area contributed by atoms with Gasteiger partial charge >= 0.3 is 0 Å². The van der Waals surface area contributed by atoms with E-state index in [0.29, 0.717) is 18.0 Å². The maximum atomic E-state index is 12.1. The molecule has 0 aliphatic heterocycles. The van der Waals surface area contributed by atoms with E-state index >= 15 is 0 Å². The summed E-state index contributed by atoms with van der Waals surface area (Å²) in [7, 11) is 0. The Labute approximate surface area is 124 Å². The third kappa shape index (κ3) is 3.93. The van der Waals surface area contributed by atoms with Crippen LogP contribution >= 0.6 is 0 Å². The molecule has 1 aromatic carbocycles. The molecule has 108 valence electrons. The van der Waals surface area contributed by atoms with Crippen LogP contribution in [-0.4, -0.2) is 21.7 Å². The van der Waals surface area contributed by atoms with Gasteiger partial charge in [-0.05, 0) is 30.5 Å². The Morgan fingerprint density at radius 3 is 2.67 bits per heavy atom.